The summed E-state index contributed by atoms with van der Waals surface area (Å²) in [5, 5.41) is 0.759. The van der Waals surface area contributed by atoms with Crippen molar-refractivity contribution in [2.24, 2.45) is 11.8 Å². The lowest BCUT2D eigenvalue weighted by Crippen LogP contribution is -2.38. The van der Waals surface area contributed by atoms with Crippen molar-refractivity contribution < 1.29 is 13.6 Å². The molecule has 0 radical (unpaired) electrons. The van der Waals surface area contributed by atoms with Crippen molar-refractivity contribution in [2.75, 3.05) is 0 Å². The van der Waals surface area contributed by atoms with Crippen LogP contribution in [0.15, 0.2) is 28.7 Å². The van der Waals surface area contributed by atoms with E-state index in [1.54, 1.807) is 6.07 Å². The number of carbonyl (C=O) groups is 1. The van der Waals surface area contributed by atoms with Crippen LogP contribution in [0.4, 0.5) is 4.39 Å². The molecule has 1 saturated carbocycles. The average molecular weight is 288 g/mol. The molecule has 1 aromatic heterocycles. The molecule has 3 rings (SSSR count). The lowest BCUT2D eigenvalue weighted by Gasteiger charge is -2.36. The molecule has 1 aliphatic carbocycles. The van der Waals surface area contributed by atoms with E-state index in [0.717, 1.165) is 24.0 Å². The summed E-state index contributed by atoms with van der Waals surface area (Å²) in [6, 6.07) is 6.40. The van der Waals surface area contributed by atoms with E-state index in [1.165, 1.54) is 12.1 Å². The van der Waals surface area contributed by atoms with Crippen LogP contribution in [0.1, 0.15) is 45.8 Å². The summed E-state index contributed by atoms with van der Waals surface area (Å²) in [6.07, 6.45) is 2.63. The number of ketones is 1. The van der Waals surface area contributed by atoms with Crippen LogP contribution in [-0.2, 0) is 10.2 Å². The van der Waals surface area contributed by atoms with Gasteiger partial charge in [0.05, 0.1) is 0 Å². The van der Waals surface area contributed by atoms with Gasteiger partial charge < -0.3 is 4.42 Å². The first kappa shape index (κ1) is 14.3. The third-order valence-corrected chi connectivity index (χ3v) is 4.87. The van der Waals surface area contributed by atoms with E-state index in [9.17, 15) is 9.18 Å². The molecule has 0 bridgehead atoms. The van der Waals surface area contributed by atoms with Crippen LogP contribution in [0.2, 0.25) is 0 Å². The number of furan rings is 1. The van der Waals surface area contributed by atoms with Crippen molar-refractivity contribution in [1.29, 1.82) is 0 Å². The van der Waals surface area contributed by atoms with Crippen LogP contribution < -0.4 is 0 Å². The van der Waals surface area contributed by atoms with Crippen molar-refractivity contribution in [3.05, 3.63) is 35.8 Å². The standard InChI is InChI=1S/C18H21FO2/c1-11-4-6-14(15(20)8-11)18(2,3)17-10-12-9-13(19)5-7-16(12)21-17/h5,7,9-11,14H,4,6,8H2,1-3H3. The monoisotopic (exact) mass is 288 g/mol. The second-order valence-electron chi connectivity index (χ2n) is 6.92. The van der Waals surface area contributed by atoms with Crippen LogP contribution in [-0.4, -0.2) is 5.78 Å². The Kier molecular flexibility index (Phi) is 3.39. The van der Waals surface area contributed by atoms with Gasteiger partial charge in [-0.05, 0) is 43.0 Å². The Balaban J connectivity index is 1.97. The summed E-state index contributed by atoms with van der Waals surface area (Å²) >= 11 is 0. The van der Waals surface area contributed by atoms with Crippen LogP contribution in [0.3, 0.4) is 0 Å². The maximum atomic E-state index is 13.3. The molecular weight excluding hydrogens is 267 g/mol. The molecule has 0 aliphatic heterocycles. The van der Waals surface area contributed by atoms with Crippen molar-refractivity contribution in [1.82, 2.24) is 0 Å². The number of fused-ring (bicyclic) bond motifs is 1. The van der Waals surface area contributed by atoms with Gasteiger partial charge in [-0.15, -0.1) is 0 Å². The summed E-state index contributed by atoms with van der Waals surface area (Å²) in [5.41, 5.74) is 0.323. The van der Waals surface area contributed by atoms with E-state index in [2.05, 4.69) is 20.8 Å². The van der Waals surface area contributed by atoms with Crippen LogP contribution in [0.5, 0.6) is 0 Å². The first-order valence-corrected chi connectivity index (χ1v) is 7.60. The molecule has 112 valence electrons. The molecule has 0 saturated heterocycles. The highest BCUT2D eigenvalue weighted by molar-refractivity contribution is 5.84. The highest BCUT2D eigenvalue weighted by Gasteiger charge is 2.41. The Labute approximate surface area is 124 Å². The Hall–Kier alpha value is -1.64. The number of carbonyl (C=O) groups excluding carboxylic acids is 1. The van der Waals surface area contributed by atoms with E-state index in [4.69, 9.17) is 4.42 Å². The summed E-state index contributed by atoms with van der Waals surface area (Å²) < 4.78 is 19.2. The average Bonchev–Trinajstić information content (AvgIpc) is 2.81. The fraction of sp³-hybridized carbons (Fsp3) is 0.500. The van der Waals surface area contributed by atoms with E-state index in [1.807, 2.05) is 6.07 Å². The Bertz CT molecular complexity index is 684. The lowest BCUT2D eigenvalue weighted by molar-refractivity contribution is -0.128. The van der Waals surface area contributed by atoms with Crippen molar-refractivity contribution in [3.63, 3.8) is 0 Å². The largest absolute Gasteiger partial charge is 0.460 e. The van der Waals surface area contributed by atoms with E-state index in [0.29, 0.717) is 23.7 Å². The third-order valence-electron chi connectivity index (χ3n) is 4.87. The van der Waals surface area contributed by atoms with Gasteiger partial charge in [-0.3, -0.25) is 4.79 Å². The second kappa shape index (κ2) is 4.97. The number of hydrogen-bond acceptors (Lipinski definition) is 2. The molecule has 3 heteroatoms. The molecule has 0 N–H and O–H groups in total. The maximum Gasteiger partial charge on any atom is 0.137 e. The minimum Gasteiger partial charge on any atom is -0.460 e. The minimum absolute atomic E-state index is 0.0147. The van der Waals surface area contributed by atoms with Crippen LogP contribution in [0, 0.1) is 17.7 Å². The number of hydrogen-bond donors (Lipinski definition) is 0. The molecule has 2 unspecified atom stereocenters. The number of benzene rings is 1. The predicted molar refractivity (Wildman–Crippen MR) is 80.7 cm³/mol. The van der Waals surface area contributed by atoms with Gasteiger partial charge in [-0.2, -0.15) is 0 Å². The molecule has 21 heavy (non-hydrogen) atoms. The summed E-state index contributed by atoms with van der Waals surface area (Å²) in [7, 11) is 0. The van der Waals surface area contributed by atoms with Gasteiger partial charge in [0.25, 0.3) is 0 Å². The van der Waals surface area contributed by atoms with Gasteiger partial charge in [-0.25, -0.2) is 4.39 Å². The Morgan fingerprint density at radius 3 is 2.71 bits per heavy atom. The first-order chi connectivity index (χ1) is 9.88. The molecule has 0 spiro atoms. The molecule has 1 heterocycles. The van der Waals surface area contributed by atoms with Crippen molar-refractivity contribution in [3.8, 4) is 0 Å². The van der Waals surface area contributed by atoms with Crippen LogP contribution in [0.25, 0.3) is 11.0 Å². The topological polar surface area (TPSA) is 30.2 Å². The molecule has 2 atom stereocenters. The van der Waals surface area contributed by atoms with Gasteiger partial charge in [-0.1, -0.05) is 20.8 Å². The highest BCUT2D eigenvalue weighted by atomic mass is 19.1. The number of rotatable bonds is 2. The molecule has 1 aromatic carbocycles. The fourth-order valence-electron chi connectivity index (χ4n) is 3.47. The van der Waals surface area contributed by atoms with Crippen molar-refractivity contribution >= 4 is 16.8 Å². The summed E-state index contributed by atoms with van der Waals surface area (Å²) in [4.78, 5) is 12.4. The van der Waals surface area contributed by atoms with Gasteiger partial charge in [0.1, 0.15) is 22.9 Å². The van der Waals surface area contributed by atoms with Gasteiger partial charge in [0.15, 0.2) is 0 Å². The van der Waals surface area contributed by atoms with E-state index < -0.39 is 0 Å². The highest BCUT2D eigenvalue weighted by Crippen LogP contribution is 2.42. The molecule has 2 nitrogen and oxygen atoms in total. The van der Waals surface area contributed by atoms with E-state index >= 15 is 0 Å². The Morgan fingerprint density at radius 1 is 1.24 bits per heavy atom. The molecular formula is C18H21FO2. The lowest BCUT2D eigenvalue weighted by atomic mass is 9.67. The van der Waals surface area contributed by atoms with Crippen molar-refractivity contribution in [2.45, 2.75) is 45.4 Å². The van der Waals surface area contributed by atoms with Gasteiger partial charge >= 0.3 is 0 Å². The van der Waals surface area contributed by atoms with E-state index in [-0.39, 0.29) is 17.2 Å². The second-order valence-corrected chi connectivity index (χ2v) is 6.92. The molecule has 1 fully saturated rings. The fourth-order valence-corrected chi connectivity index (χ4v) is 3.47. The van der Waals surface area contributed by atoms with Crippen LogP contribution >= 0.6 is 0 Å². The zero-order chi connectivity index (χ0) is 15.2. The molecule has 2 aromatic rings. The minimum atomic E-state index is -0.354. The number of halogens is 1. The SMILES string of the molecule is CC1CCC(C(C)(C)c2cc3cc(F)ccc3o2)C(=O)C1. The van der Waals surface area contributed by atoms with Gasteiger partial charge in [0.2, 0.25) is 0 Å². The zero-order valence-electron chi connectivity index (χ0n) is 12.8. The normalized spacial score (nSPS) is 23.7. The smallest absolute Gasteiger partial charge is 0.137 e. The maximum absolute atomic E-state index is 13.3. The third kappa shape index (κ3) is 2.50. The first-order valence-electron chi connectivity index (χ1n) is 7.60. The zero-order valence-corrected chi connectivity index (χ0v) is 12.8. The summed E-state index contributed by atoms with van der Waals surface area (Å²) in [6.45, 7) is 6.24. The molecule has 0 amide bonds. The van der Waals surface area contributed by atoms with Gasteiger partial charge in [0, 0.05) is 23.1 Å². The Morgan fingerprint density at radius 2 is 2.00 bits per heavy atom. The quantitative estimate of drug-likeness (QED) is 0.790. The summed E-state index contributed by atoms with van der Waals surface area (Å²) in [5.74, 6) is 1.30. The predicted octanol–water partition coefficient (Wildman–Crippen LogP) is 4.85. The molecule has 1 aliphatic rings. The number of Topliss-reactive ketones (excluding diaryl/α,β-unsaturated/α-hetero) is 1.